The number of benzene rings is 1. The van der Waals surface area contributed by atoms with Crippen LogP contribution >= 0.6 is 0 Å². The Morgan fingerprint density at radius 1 is 1.25 bits per heavy atom. The zero-order valence-electron chi connectivity index (χ0n) is 12.7. The zero-order valence-corrected chi connectivity index (χ0v) is 12.7. The van der Waals surface area contributed by atoms with E-state index in [2.05, 4.69) is 35.3 Å². The molecule has 1 aliphatic heterocycles. The first kappa shape index (κ1) is 13.9. The molecule has 3 nitrogen and oxygen atoms in total. The molecule has 3 heteroatoms. The van der Waals surface area contributed by atoms with Crippen LogP contribution in [0.4, 0.5) is 0 Å². The van der Waals surface area contributed by atoms with E-state index in [0.717, 1.165) is 37.8 Å². The van der Waals surface area contributed by atoms with Gasteiger partial charge in [0.15, 0.2) is 0 Å². The molecule has 0 radical (unpaired) electrons. The maximum absolute atomic E-state index is 5.65. The molecule has 1 saturated heterocycles. The van der Waals surface area contributed by atoms with Crippen LogP contribution in [0.2, 0.25) is 0 Å². The fourth-order valence-corrected chi connectivity index (χ4v) is 3.55. The van der Waals surface area contributed by atoms with Crippen molar-refractivity contribution in [3.8, 4) is 5.75 Å². The molecule has 1 heterocycles. The van der Waals surface area contributed by atoms with Crippen molar-refractivity contribution in [1.29, 1.82) is 0 Å². The fourth-order valence-electron chi connectivity index (χ4n) is 3.55. The second-order valence-corrected chi connectivity index (χ2v) is 6.17. The molecule has 1 N–H and O–H groups in total. The predicted molar refractivity (Wildman–Crippen MR) is 82.3 cm³/mol. The average molecular weight is 274 g/mol. The predicted octanol–water partition coefficient (Wildman–Crippen LogP) is 2.75. The van der Waals surface area contributed by atoms with E-state index in [1.54, 1.807) is 7.11 Å². The minimum Gasteiger partial charge on any atom is -0.496 e. The Morgan fingerprint density at radius 3 is 2.60 bits per heavy atom. The van der Waals surface area contributed by atoms with Crippen molar-refractivity contribution in [3.63, 3.8) is 0 Å². The van der Waals surface area contributed by atoms with Crippen LogP contribution in [0.15, 0.2) is 18.2 Å². The van der Waals surface area contributed by atoms with Gasteiger partial charge in [-0.3, -0.25) is 4.90 Å². The number of methoxy groups -OCH3 is 1. The van der Waals surface area contributed by atoms with Gasteiger partial charge < -0.3 is 10.1 Å². The summed E-state index contributed by atoms with van der Waals surface area (Å²) in [6, 6.07) is 7.17. The molecule has 0 amide bonds. The fraction of sp³-hybridized carbons (Fsp3) is 0.647. The first-order chi connectivity index (χ1) is 9.79. The van der Waals surface area contributed by atoms with Crippen molar-refractivity contribution in [1.82, 2.24) is 10.2 Å². The molecule has 0 aromatic heterocycles. The Hall–Kier alpha value is -1.06. The number of aryl methyl sites for hydroxylation is 1. The molecule has 1 aliphatic carbocycles. The smallest absolute Gasteiger partial charge is 0.123 e. The molecule has 0 spiro atoms. The largest absolute Gasteiger partial charge is 0.496 e. The SMILES string of the molecule is COc1ccc(C)cc1C(C1CCC1)N1CCNCC1. The summed E-state index contributed by atoms with van der Waals surface area (Å²) in [5, 5.41) is 3.46. The first-order valence-electron chi connectivity index (χ1n) is 7.89. The van der Waals surface area contributed by atoms with Crippen molar-refractivity contribution >= 4 is 0 Å². The number of hydrogen-bond donors (Lipinski definition) is 1. The Morgan fingerprint density at radius 2 is 2.00 bits per heavy atom. The lowest BCUT2D eigenvalue weighted by Crippen LogP contribution is -2.47. The number of hydrogen-bond acceptors (Lipinski definition) is 3. The molecule has 2 fully saturated rings. The van der Waals surface area contributed by atoms with Crippen molar-refractivity contribution in [2.75, 3.05) is 33.3 Å². The lowest BCUT2D eigenvalue weighted by molar-refractivity contribution is 0.0818. The average Bonchev–Trinajstić information content (AvgIpc) is 2.43. The van der Waals surface area contributed by atoms with Gasteiger partial charge in [0.1, 0.15) is 5.75 Å². The highest BCUT2D eigenvalue weighted by Crippen LogP contribution is 2.44. The van der Waals surface area contributed by atoms with Crippen molar-refractivity contribution in [3.05, 3.63) is 29.3 Å². The van der Waals surface area contributed by atoms with E-state index >= 15 is 0 Å². The normalized spacial score (nSPS) is 22.3. The van der Waals surface area contributed by atoms with E-state index in [0.29, 0.717) is 6.04 Å². The van der Waals surface area contributed by atoms with Gasteiger partial charge in [-0.25, -0.2) is 0 Å². The van der Waals surface area contributed by atoms with E-state index in [4.69, 9.17) is 4.74 Å². The summed E-state index contributed by atoms with van der Waals surface area (Å²) in [5.74, 6) is 1.87. The third kappa shape index (κ3) is 2.70. The van der Waals surface area contributed by atoms with Crippen molar-refractivity contribution < 1.29 is 4.74 Å². The number of ether oxygens (including phenoxy) is 1. The van der Waals surface area contributed by atoms with Gasteiger partial charge in [0.2, 0.25) is 0 Å². The van der Waals surface area contributed by atoms with Gasteiger partial charge in [0.05, 0.1) is 7.11 Å². The maximum atomic E-state index is 5.65. The summed E-state index contributed by atoms with van der Waals surface area (Å²) >= 11 is 0. The van der Waals surface area contributed by atoms with Crippen LogP contribution in [0.3, 0.4) is 0 Å². The number of nitrogens with zero attached hydrogens (tertiary/aromatic N) is 1. The highest BCUT2D eigenvalue weighted by atomic mass is 16.5. The Labute approximate surface area is 122 Å². The van der Waals surface area contributed by atoms with Gasteiger partial charge in [-0.2, -0.15) is 0 Å². The lowest BCUT2D eigenvalue weighted by atomic mass is 9.76. The molecule has 1 atom stereocenters. The molecular formula is C17H26N2O. The Balaban J connectivity index is 1.93. The summed E-state index contributed by atoms with van der Waals surface area (Å²) < 4.78 is 5.65. The number of nitrogens with one attached hydrogen (secondary N) is 1. The van der Waals surface area contributed by atoms with E-state index in [-0.39, 0.29) is 0 Å². The standard InChI is InChI=1S/C17H26N2O/c1-13-6-7-16(20-2)15(12-13)17(14-4-3-5-14)19-10-8-18-9-11-19/h6-7,12,14,17-18H,3-5,8-11H2,1-2H3. The molecule has 0 bridgehead atoms. The second-order valence-electron chi connectivity index (χ2n) is 6.17. The third-order valence-corrected chi connectivity index (χ3v) is 4.85. The minimum absolute atomic E-state index is 0.542. The molecule has 1 aromatic carbocycles. The van der Waals surface area contributed by atoms with Crippen LogP contribution in [0.25, 0.3) is 0 Å². The highest BCUT2D eigenvalue weighted by molar-refractivity contribution is 5.40. The van der Waals surface area contributed by atoms with Crippen LogP contribution in [0, 0.1) is 12.8 Å². The second kappa shape index (κ2) is 6.15. The lowest BCUT2D eigenvalue weighted by Gasteiger charge is -2.43. The van der Waals surface area contributed by atoms with E-state index in [1.165, 1.54) is 30.4 Å². The van der Waals surface area contributed by atoms with Gasteiger partial charge in [-0.1, -0.05) is 24.1 Å². The third-order valence-electron chi connectivity index (χ3n) is 4.85. The summed E-state index contributed by atoms with van der Waals surface area (Å²) in [4.78, 5) is 2.66. The van der Waals surface area contributed by atoms with Gasteiger partial charge in [0.25, 0.3) is 0 Å². The zero-order chi connectivity index (χ0) is 13.9. The molecule has 1 unspecified atom stereocenters. The van der Waals surface area contributed by atoms with E-state index in [1.807, 2.05) is 0 Å². The van der Waals surface area contributed by atoms with Gasteiger partial charge in [-0.15, -0.1) is 0 Å². The van der Waals surface area contributed by atoms with Gasteiger partial charge in [0, 0.05) is 37.8 Å². The molecule has 20 heavy (non-hydrogen) atoms. The molecule has 1 saturated carbocycles. The summed E-state index contributed by atoms with van der Waals surface area (Å²) in [5.41, 5.74) is 2.74. The highest BCUT2D eigenvalue weighted by Gasteiger charge is 2.35. The van der Waals surface area contributed by atoms with Gasteiger partial charge >= 0.3 is 0 Å². The van der Waals surface area contributed by atoms with Gasteiger partial charge in [-0.05, 0) is 31.7 Å². The minimum atomic E-state index is 0.542. The van der Waals surface area contributed by atoms with Crippen LogP contribution < -0.4 is 10.1 Å². The molecule has 2 aliphatic rings. The Kier molecular flexibility index (Phi) is 4.27. The van der Waals surface area contributed by atoms with Crippen LogP contribution in [0.5, 0.6) is 5.75 Å². The van der Waals surface area contributed by atoms with Crippen LogP contribution in [-0.4, -0.2) is 38.2 Å². The summed E-state index contributed by atoms with van der Waals surface area (Å²) in [6.07, 6.45) is 4.12. The first-order valence-corrected chi connectivity index (χ1v) is 7.89. The topological polar surface area (TPSA) is 24.5 Å². The number of rotatable bonds is 4. The summed E-state index contributed by atoms with van der Waals surface area (Å²) in [7, 11) is 1.80. The van der Waals surface area contributed by atoms with E-state index < -0.39 is 0 Å². The quantitative estimate of drug-likeness (QED) is 0.913. The summed E-state index contributed by atoms with van der Waals surface area (Å²) in [6.45, 7) is 6.70. The van der Waals surface area contributed by atoms with Crippen molar-refractivity contribution in [2.24, 2.45) is 5.92 Å². The molecule has 1 aromatic rings. The Bertz CT molecular complexity index is 450. The molecule has 3 rings (SSSR count). The van der Waals surface area contributed by atoms with Crippen LogP contribution in [0.1, 0.15) is 36.4 Å². The maximum Gasteiger partial charge on any atom is 0.123 e. The monoisotopic (exact) mass is 274 g/mol. The molecular weight excluding hydrogens is 248 g/mol. The number of piperazine rings is 1. The van der Waals surface area contributed by atoms with Crippen LogP contribution in [-0.2, 0) is 0 Å². The van der Waals surface area contributed by atoms with E-state index in [9.17, 15) is 0 Å². The molecule has 110 valence electrons. The van der Waals surface area contributed by atoms with Crippen molar-refractivity contribution in [2.45, 2.75) is 32.2 Å².